The predicted molar refractivity (Wildman–Crippen MR) is 101 cm³/mol. The molecule has 0 heterocycles. The molecule has 2 saturated carbocycles. The molecule has 0 aromatic heterocycles. The summed E-state index contributed by atoms with van der Waals surface area (Å²) in [6.45, 7) is 0. The van der Waals surface area contributed by atoms with Crippen molar-refractivity contribution in [2.24, 2.45) is 11.8 Å². The highest BCUT2D eigenvalue weighted by molar-refractivity contribution is 7.90. The Labute approximate surface area is 167 Å². The van der Waals surface area contributed by atoms with Crippen molar-refractivity contribution >= 4 is 27.3 Å². The van der Waals surface area contributed by atoms with Crippen LogP contribution in [0.15, 0.2) is 18.2 Å². The Morgan fingerprint density at radius 2 is 1.86 bits per heavy atom. The summed E-state index contributed by atoms with van der Waals surface area (Å²) in [5.41, 5.74) is -1.92. The van der Waals surface area contributed by atoms with Gasteiger partial charge in [0.2, 0.25) is 0 Å². The number of hydrogen-bond donors (Lipinski definition) is 1. The van der Waals surface area contributed by atoms with Gasteiger partial charge in [0.1, 0.15) is 9.84 Å². The topological polar surface area (TPSA) is 63.2 Å². The molecule has 156 valence electrons. The van der Waals surface area contributed by atoms with Crippen LogP contribution in [0.3, 0.4) is 0 Å². The average molecular weight is 438 g/mol. The number of halogens is 4. The van der Waals surface area contributed by atoms with E-state index >= 15 is 0 Å². The predicted octanol–water partition coefficient (Wildman–Crippen LogP) is 4.47. The van der Waals surface area contributed by atoms with Crippen molar-refractivity contribution in [1.29, 1.82) is 0 Å². The number of nitrogens with one attached hydrogen (secondary N) is 1. The van der Waals surface area contributed by atoms with E-state index in [1.54, 1.807) is 0 Å². The summed E-state index contributed by atoms with van der Waals surface area (Å²) in [5, 5.41) is 2.59. The maximum atomic E-state index is 12.9. The molecule has 1 amide bonds. The Kier molecular flexibility index (Phi) is 5.75. The van der Waals surface area contributed by atoms with Crippen LogP contribution in [0.2, 0.25) is 5.02 Å². The largest absolute Gasteiger partial charge is 0.416 e. The number of benzene rings is 1. The number of hydrogen-bond acceptors (Lipinski definition) is 3. The summed E-state index contributed by atoms with van der Waals surface area (Å²) in [7, 11) is -3.38. The van der Waals surface area contributed by atoms with Crippen LogP contribution in [0.1, 0.15) is 54.4 Å². The van der Waals surface area contributed by atoms with E-state index in [0.717, 1.165) is 56.6 Å². The second-order valence-corrected chi connectivity index (χ2v) is 10.7. The van der Waals surface area contributed by atoms with Crippen molar-refractivity contribution in [3.63, 3.8) is 0 Å². The Morgan fingerprint density at radius 3 is 2.29 bits per heavy atom. The van der Waals surface area contributed by atoms with Gasteiger partial charge in [0.15, 0.2) is 0 Å². The van der Waals surface area contributed by atoms with E-state index < -0.39 is 33.0 Å². The molecule has 3 rings (SSSR count). The summed E-state index contributed by atoms with van der Waals surface area (Å²) in [5.74, 6) is -0.397. The van der Waals surface area contributed by atoms with Gasteiger partial charge < -0.3 is 5.32 Å². The van der Waals surface area contributed by atoms with Gasteiger partial charge in [0.05, 0.1) is 27.4 Å². The molecule has 0 bridgehead atoms. The fourth-order valence-electron chi connectivity index (χ4n) is 3.97. The first-order valence-corrected chi connectivity index (χ1v) is 11.7. The summed E-state index contributed by atoms with van der Waals surface area (Å²) in [6, 6.07) is 2.58. The van der Waals surface area contributed by atoms with Crippen LogP contribution in [-0.4, -0.2) is 31.9 Å². The molecule has 28 heavy (non-hydrogen) atoms. The molecule has 1 atom stereocenters. The van der Waals surface area contributed by atoms with Crippen molar-refractivity contribution in [2.45, 2.75) is 50.2 Å². The second kappa shape index (κ2) is 7.52. The molecule has 0 spiro atoms. The highest BCUT2D eigenvalue weighted by atomic mass is 35.5. The van der Waals surface area contributed by atoms with Gasteiger partial charge in [0, 0.05) is 6.26 Å². The molecule has 0 saturated heterocycles. The lowest BCUT2D eigenvalue weighted by Crippen LogP contribution is -2.60. The number of alkyl halides is 3. The fourth-order valence-corrected chi connectivity index (χ4v) is 5.60. The molecule has 1 aromatic carbocycles. The maximum absolute atomic E-state index is 12.9. The molecular weight excluding hydrogens is 415 g/mol. The third kappa shape index (κ3) is 5.00. The molecule has 0 aliphatic heterocycles. The first-order chi connectivity index (χ1) is 12.9. The minimum absolute atomic E-state index is 0.0417. The molecule has 4 nitrogen and oxygen atoms in total. The van der Waals surface area contributed by atoms with Crippen LogP contribution in [-0.2, 0) is 16.0 Å². The van der Waals surface area contributed by atoms with Crippen LogP contribution in [0.4, 0.5) is 13.2 Å². The van der Waals surface area contributed by atoms with E-state index in [4.69, 9.17) is 11.6 Å². The maximum Gasteiger partial charge on any atom is 0.416 e. The van der Waals surface area contributed by atoms with Crippen molar-refractivity contribution in [2.75, 3.05) is 12.0 Å². The zero-order valence-electron chi connectivity index (χ0n) is 15.5. The molecule has 9 heteroatoms. The normalized spacial score (nSPS) is 20.3. The van der Waals surface area contributed by atoms with Gasteiger partial charge in [0.25, 0.3) is 5.91 Å². The number of carbonyl (C=O) groups excluding carboxylic acids is 1. The van der Waals surface area contributed by atoms with Crippen LogP contribution < -0.4 is 5.32 Å². The van der Waals surface area contributed by atoms with E-state index in [1.165, 1.54) is 0 Å². The van der Waals surface area contributed by atoms with E-state index in [9.17, 15) is 26.4 Å². The molecule has 1 N–H and O–H groups in total. The van der Waals surface area contributed by atoms with Crippen molar-refractivity contribution in [1.82, 2.24) is 5.32 Å². The quantitative estimate of drug-likeness (QED) is 0.684. The third-order valence-electron chi connectivity index (χ3n) is 5.66. The van der Waals surface area contributed by atoms with E-state index in [0.29, 0.717) is 12.3 Å². The lowest BCUT2D eigenvalue weighted by molar-refractivity contribution is -0.137. The highest BCUT2D eigenvalue weighted by Crippen LogP contribution is 2.46. The molecule has 0 radical (unpaired) electrons. The monoisotopic (exact) mass is 437 g/mol. The summed E-state index contributed by atoms with van der Waals surface area (Å²) in [6.07, 6.45) is 1.75. The highest BCUT2D eigenvalue weighted by Gasteiger charge is 2.48. The lowest BCUT2D eigenvalue weighted by Gasteiger charge is -2.46. The van der Waals surface area contributed by atoms with E-state index in [1.807, 2.05) is 0 Å². The van der Waals surface area contributed by atoms with Crippen molar-refractivity contribution in [3.8, 4) is 0 Å². The summed E-state index contributed by atoms with van der Waals surface area (Å²) >= 11 is 5.96. The van der Waals surface area contributed by atoms with Gasteiger partial charge >= 0.3 is 6.18 Å². The zero-order valence-corrected chi connectivity index (χ0v) is 17.1. The molecule has 2 aliphatic rings. The van der Waals surface area contributed by atoms with E-state index in [2.05, 4.69) is 5.32 Å². The van der Waals surface area contributed by atoms with Gasteiger partial charge in [-0.15, -0.1) is 0 Å². The van der Waals surface area contributed by atoms with Crippen LogP contribution in [0.5, 0.6) is 0 Å². The van der Waals surface area contributed by atoms with Gasteiger partial charge in [-0.25, -0.2) is 8.42 Å². The SMILES string of the molecule is CS(=O)(=O)CC(CC1CC1)(NC(=O)c1ccc(C(F)(F)F)cc1Cl)C1CCC1. The molecule has 2 fully saturated rings. The minimum Gasteiger partial charge on any atom is -0.345 e. The van der Waals surface area contributed by atoms with Gasteiger partial charge in [-0.2, -0.15) is 13.2 Å². The van der Waals surface area contributed by atoms with Crippen molar-refractivity contribution < 1.29 is 26.4 Å². The molecular formula is C19H23ClF3NO3S. The zero-order chi connectivity index (χ0) is 20.7. The molecule has 1 unspecified atom stereocenters. The molecule has 2 aliphatic carbocycles. The number of sulfone groups is 1. The number of carbonyl (C=O) groups is 1. The second-order valence-electron chi connectivity index (χ2n) is 8.15. The Bertz CT molecular complexity index is 864. The van der Waals surface area contributed by atoms with Gasteiger partial charge in [-0.1, -0.05) is 30.9 Å². The average Bonchev–Trinajstić information content (AvgIpc) is 3.25. The first kappa shape index (κ1) is 21.4. The third-order valence-corrected chi connectivity index (χ3v) is 7.01. The van der Waals surface area contributed by atoms with Gasteiger partial charge in [-0.05, 0) is 49.3 Å². The molecule has 1 aromatic rings. The Morgan fingerprint density at radius 1 is 1.21 bits per heavy atom. The van der Waals surface area contributed by atoms with E-state index in [-0.39, 0.29) is 22.3 Å². The standard InChI is InChI=1S/C19H23ClF3NO3S/c1-28(26,27)11-18(10-12-5-6-12,13-3-2-4-13)24-17(25)15-8-7-14(9-16(15)20)19(21,22)23/h7-9,12-13H,2-6,10-11H2,1H3,(H,24,25). The summed E-state index contributed by atoms with van der Waals surface area (Å²) < 4.78 is 62.8. The van der Waals surface area contributed by atoms with Crippen LogP contribution >= 0.6 is 11.6 Å². The summed E-state index contributed by atoms with van der Waals surface area (Å²) in [4.78, 5) is 12.9. The Hall–Kier alpha value is -1.28. The minimum atomic E-state index is -4.56. The number of rotatable bonds is 7. The van der Waals surface area contributed by atoms with Crippen LogP contribution in [0.25, 0.3) is 0 Å². The lowest BCUT2D eigenvalue weighted by atomic mass is 9.69. The van der Waals surface area contributed by atoms with Gasteiger partial charge in [-0.3, -0.25) is 4.79 Å². The number of amides is 1. The van der Waals surface area contributed by atoms with Crippen LogP contribution in [0, 0.1) is 11.8 Å². The Balaban J connectivity index is 1.90. The fraction of sp³-hybridized carbons (Fsp3) is 0.632. The smallest absolute Gasteiger partial charge is 0.345 e. The van der Waals surface area contributed by atoms with Crippen molar-refractivity contribution in [3.05, 3.63) is 34.3 Å². The first-order valence-electron chi connectivity index (χ1n) is 9.27.